The number of halogens is 1. The van der Waals surface area contributed by atoms with E-state index in [0.717, 1.165) is 5.56 Å². The maximum Gasteiger partial charge on any atom is 0.282 e. The first-order valence-electron chi connectivity index (χ1n) is 10.8. The van der Waals surface area contributed by atoms with Crippen LogP contribution in [0.1, 0.15) is 25.0 Å². The second-order valence-corrected chi connectivity index (χ2v) is 8.71. The minimum Gasteiger partial charge on any atom is -0.493 e. The Bertz CT molecular complexity index is 1220. The number of anilines is 2. The Morgan fingerprint density at radius 3 is 2.27 bits per heavy atom. The Morgan fingerprint density at radius 2 is 1.61 bits per heavy atom. The van der Waals surface area contributed by atoms with Gasteiger partial charge in [0.25, 0.3) is 11.8 Å². The molecular formula is C27H25ClN2O3. The van der Waals surface area contributed by atoms with Crippen LogP contribution in [0.15, 0.2) is 78.5 Å². The fourth-order valence-electron chi connectivity index (χ4n) is 3.58. The molecule has 0 aromatic heterocycles. The minimum absolute atomic E-state index is 0.219. The second-order valence-electron chi connectivity index (χ2n) is 8.30. The molecule has 4 rings (SSSR count). The molecule has 2 amide bonds. The van der Waals surface area contributed by atoms with E-state index in [1.54, 1.807) is 36.4 Å². The second kappa shape index (κ2) is 9.51. The molecule has 1 aliphatic rings. The topological polar surface area (TPSA) is 58.6 Å². The van der Waals surface area contributed by atoms with Crippen LogP contribution in [-0.4, -0.2) is 18.4 Å². The first kappa shape index (κ1) is 22.6. The van der Waals surface area contributed by atoms with Crippen LogP contribution < -0.4 is 15.0 Å². The lowest BCUT2D eigenvalue weighted by Gasteiger charge is -2.17. The quantitative estimate of drug-likeness (QED) is 0.434. The summed E-state index contributed by atoms with van der Waals surface area (Å²) >= 11 is 6.27. The van der Waals surface area contributed by atoms with E-state index in [4.69, 9.17) is 16.3 Å². The molecule has 0 bridgehead atoms. The SMILES string of the molecule is Cc1c(Cl)cccc1NC1=C(c2ccccc2)C(=O)N(c2ccc(OCC(C)C)cc2)C1=O. The molecule has 168 valence electrons. The zero-order valence-corrected chi connectivity index (χ0v) is 19.5. The van der Waals surface area contributed by atoms with Gasteiger partial charge in [0.2, 0.25) is 0 Å². The van der Waals surface area contributed by atoms with E-state index < -0.39 is 5.91 Å². The number of rotatable bonds is 7. The lowest BCUT2D eigenvalue weighted by Crippen LogP contribution is -2.32. The normalized spacial score (nSPS) is 13.8. The molecule has 0 spiro atoms. The molecule has 0 radical (unpaired) electrons. The number of amides is 2. The van der Waals surface area contributed by atoms with Crippen molar-refractivity contribution >= 4 is 40.4 Å². The van der Waals surface area contributed by atoms with Gasteiger partial charge < -0.3 is 10.1 Å². The molecule has 1 heterocycles. The third-order valence-corrected chi connectivity index (χ3v) is 5.76. The summed E-state index contributed by atoms with van der Waals surface area (Å²) in [6.45, 7) is 6.60. The van der Waals surface area contributed by atoms with Crippen molar-refractivity contribution < 1.29 is 14.3 Å². The standard InChI is InChI=1S/C27H25ClN2O3/c1-17(2)16-33-21-14-12-20(13-15-21)30-26(31)24(19-8-5-4-6-9-19)25(27(30)32)29-23-11-7-10-22(28)18(23)3/h4-15,17,29H,16H2,1-3H3. The van der Waals surface area contributed by atoms with E-state index in [2.05, 4.69) is 19.2 Å². The van der Waals surface area contributed by atoms with E-state index in [-0.39, 0.29) is 11.6 Å². The predicted octanol–water partition coefficient (Wildman–Crippen LogP) is 6.08. The van der Waals surface area contributed by atoms with Crippen LogP contribution in [0.25, 0.3) is 5.57 Å². The molecule has 1 N–H and O–H groups in total. The maximum absolute atomic E-state index is 13.5. The fourth-order valence-corrected chi connectivity index (χ4v) is 3.76. The molecule has 6 heteroatoms. The van der Waals surface area contributed by atoms with E-state index >= 15 is 0 Å². The van der Waals surface area contributed by atoms with Crippen LogP contribution in [0.4, 0.5) is 11.4 Å². The molecule has 0 aliphatic carbocycles. The Balaban J connectivity index is 1.71. The average molecular weight is 461 g/mol. The minimum atomic E-state index is -0.422. The molecule has 0 atom stereocenters. The van der Waals surface area contributed by atoms with Gasteiger partial charge in [-0.05, 0) is 60.4 Å². The third kappa shape index (κ3) is 4.64. The third-order valence-electron chi connectivity index (χ3n) is 5.35. The van der Waals surface area contributed by atoms with Gasteiger partial charge in [-0.2, -0.15) is 0 Å². The summed E-state index contributed by atoms with van der Waals surface area (Å²) in [4.78, 5) is 28.2. The first-order valence-corrected chi connectivity index (χ1v) is 11.2. The molecule has 0 unspecified atom stereocenters. The molecule has 3 aromatic carbocycles. The summed E-state index contributed by atoms with van der Waals surface area (Å²) in [5, 5.41) is 3.76. The van der Waals surface area contributed by atoms with E-state index in [1.165, 1.54) is 4.90 Å². The van der Waals surface area contributed by atoms with E-state index in [1.807, 2.05) is 43.3 Å². The summed E-state index contributed by atoms with van der Waals surface area (Å²) in [5.74, 6) is 0.279. The van der Waals surface area contributed by atoms with Crippen molar-refractivity contribution in [2.45, 2.75) is 20.8 Å². The van der Waals surface area contributed by atoms with Crippen LogP contribution >= 0.6 is 11.6 Å². The van der Waals surface area contributed by atoms with Crippen LogP contribution in [0.2, 0.25) is 5.02 Å². The number of imide groups is 1. The van der Waals surface area contributed by atoms with Gasteiger partial charge in [-0.1, -0.05) is 61.8 Å². The summed E-state index contributed by atoms with van der Waals surface area (Å²) in [6, 6.07) is 21.6. The highest BCUT2D eigenvalue weighted by atomic mass is 35.5. The molecular weight excluding hydrogens is 436 g/mol. The molecule has 0 fully saturated rings. The maximum atomic E-state index is 13.5. The zero-order valence-electron chi connectivity index (χ0n) is 18.8. The number of carbonyl (C=O) groups excluding carboxylic acids is 2. The molecule has 0 saturated carbocycles. The van der Waals surface area contributed by atoms with Gasteiger partial charge >= 0.3 is 0 Å². The fraction of sp³-hybridized carbons (Fsp3) is 0.185. The van der Waals surface area contributed by atoms with Gasteiger partial charge in [0.1, 0.15) is 11.4 Å². The number of hydrogen-bond acceptors (Lipinski definition) is 4. The van der Waals surface area contributed by atoms with Crippen molar-refractivity contribution in [3.63, 3.8) is 0 Å². The molecule has 3 aromatic rings. The summed E-state index contributed by atoms with van der Waals surface area (Å²) in [7, 11) is 0. The Hall–Kier alpha value is -3.57. The number of carbonyl (C=O) groups is 2. The lowest BCUT2D eigenvalue weighted by molar-refractivity contribution is -0.120. The van der Waals surface area contributed by atoms with Crippen LogP contribution in [0.3, 0.4) is 0 Å². The Labute approximate surface area is 198 Å². The highest BCUT2D eigenvalue weighted by Crippen LogP contribution is 2.35. The van der Waals surface area contributed by atoms with Crippen LogP contribution in [0, 0.1) is 12.8 Å². The van der Waals surface area contributed by atoms with Gasteiger partial charge in [0.15, 0.2) is 0 Å². The Kier molecular flexibility index (Phi) is 6.52. The predicted molar refractivity (Wildman–Crippen MR) is 132 cm³/mol. The van der Waals surface area contributed by atoms with Crippen molar-refractivity contribution in [3.8, 4) is 5.75 Å². The number of hydrogen-bond donors (Lipinski definition) is 1. The summed E-state index contributed by atoms with van der Waals surface area (Å²) in [6.07, 6.45) is 0. The number of ether oxygens (including phenoxy) is 1. The summed E-state index contributed by atoms with van der Waals surface area (Å²) in [5.41, 5.74) is 3.15. The monoisotopic (exact) mass is 460 g/mol. The summed E-state index contributed by atoms with van der Waals surface area (Å²) < 4.78 is 5.73. The van der Waals surface area contributed by atoms with Gasteiger partial charge in [0.05, 0.1) is 17.9 Å². The first-order chi connectivity index (χ1) is 15.9. The molecule has 0 saturated heterocycles. The smallest absolute Gasteiger partial charge is 0.282 e. The largest absolute Gasteiger partial charge is 0.493 e. The number of benzene rings is 3. The van der Waals surface area contributed by atoms with Gasteiger partial charge in [-0.15, -0.1) is 0 Å². The van der Waals surface area contributed by atoms with Crippen molar-refractivity contribution in [3.05, 3.63) is 94.6 Å². The zero-order chi connectivity index (χ0) is 23.5. The van der Waals surface area contributed by atoms with E-state index in [9.17, 15) is 9.59 Å². The van der Waals surface area contributed by atoms with Crippen LogP contribution in [-0.2, 0) is 9.59 Å². The average Bonchev–Trinajstić information content (AvgIpc) is 3.05. The number of nitrogens with one attached hydrogen (secondary N) is 1. The van der Waals surface area contributed by atoms with Gasteiger partial charge in [0, 0.05) is 10.7 Å². The van der Waals surface area contributed by atoms with Gasteiger partial charge in [-0.3, -0.25) is 9.59 Å². The van der Waals surface area contributed by atoms with Crippen molar-refractivity contribution in [2.24, 2.45) is 5.92 Å². The van der Waals surface area contributed by atoms with Crippen molar-refractivity contribution in [1.82, 2.24) is 0 Å². The highest BCUT2D eigenvalue weighted by Gasteiger charge is 2.40. The van der Waals surface area contributed by atoms with E-state index in [0.29, 0.717) is 45.8 Å². The Morgan fingerprint density at radius 1 is 0.909 bits per heavy atom. The van der Waals surface area contributed by atoms with Gasteiger partial charge in [-0.25, -0.2) is 4.90 Å². The van der Waals surface area contributed by atoms with Crippen molar-refractivity contribution in [1.29, 1.82) is 0 Å². The molecule has 1 aliphatic heterocycles. The van der Waals surface area contributed by atoms with Crippen molar-refractivity contribution in [2.75, 3.05) is 16.8 Å². The number of nitrogens with zero attached hydrogens (tertiary/aromatic N) is 1. The highest BCUT2D eigenvalue weighted by molar-refractivity contribution is 6.46. The lowest BCUT2D eigenvalue weighted by atomic mass is 10.0. The molecule has 5 nitrogen and oxygen atoms in total. The van der Waals surface area contributed by atoms with Crippen LogP contribution in [0.5, 0.6) is 5.75 Å². The molecule has 33 heavy (non-hydrogen) atoms.